The normalized spacial score (nSPS) is 12.6. The molecule has 5 rings (SSSR count). The molecule has 1 aliphatic heterocycles. The van der Waals surface area contributed by atoms with Gasteiger partial charge in [-0.1, -0.05) is 66.2 Å². The minimum atomic E-state index is -0.303. The van der Waals surface area contributed by atoms with Gasteiger partial charge in [-0.3, -0.25) is 19.3 Å². The van der Waals surface area contributed by atoms with Crippen LogP contribution in [0.5, 0.6) is 0 Å². The van der Waals surface area contributed by atoms with Crippen LogP contribution in [0.1, 0.15) is 47.8 Å². The van der Waals surface area contributed by atoms with E-state index in [9.17, 15) is 14.4 Å². The lowest BCUT2D eigenvalue weighted by molar-refractivity contribution is 0.0642. The molecule has 0 unspecified atom stereocenters. The number of imide groups is 1. The van der Waals surface area contributed by atoms with Crippen LogP contribution >= 0.6 is 11.6 Å². The molecule has 0 aliphatic carbocycles. The summed E-state index contributed by atoms with van der Waals surface area (Å²) in [7, 11) is 0. The minimum Gasteiger partial charge on any atom is -0.355 e. The third-order valence-electron chi connectivity index (χ3n) is 6.11. The lowest BCUT2D eigenvalue weighted by Gasteiger charge is -2.18. The van der Waals surface area contributed by atoms with Gasteiger partial charge in [-0.15, -0.1) is 0 Å². The molecule has 1 aliphatic rings. The summed E-state index contributed by atoms with van der Waals surface area (Å²) < 4.78 is 0. The number of nitrogens with zero attached hydrogens (tertiary/aromatic N) is 1. The number of carbonyl (C=O) groups excluding carboxylic acids is 3. The molecule has 1 heterocycles. The molecule has 4 aromatic carbocycles. The van der Waals surface area contributed by atoms with Gasteiger partial charge in [-0.05, 0) is 54.4 Å². The fourth-order valence-corrected chi connectivity index (χ4v) is 4.50. The quantitative estimate of drug-likeness (QED) is 0.255. The second-order valence-corrected chi connectivity index (χ2v) is 8.77. The first kappa shape index (κ1) is 22.6. The zero-order valence-corrected chi connectivity index (χ0v) is 19.7. The Balaban J connectivity index is 1.38. The van der Waals surface area contributed by atoms with Crippen molar-refractivity contribution in [1.82, 2.24) is 4.90 Å². The first-order valence-electron chi connectivity index (χ1n) is 11.1. The molecule has 172 valence electrons. The number of nitrogens with one attached hydrogen (secondary N) is 1. The number of hydrogen-bond donors (Lipinski definition) is 1. The van der Waals surface area contributed by atoms with E-state index in [1.54, 1.807) is 48.5 Å². The Hall–Kier alpha value is -4.22. The van der Waals surface area contributed by atoms with Crippen LogP contribution in [0.2, 0.25) is 5.02 Å². The maximum Gasteiger partial charge on any atom is 0.261 e. The molecule has 4 aromatic rings. The molecule has 0 radical (unpaired) electrons. The third-order valence-corrected chi connectivity index (χ3v) is 6.42. The summed E-state index contributed by atoms with van der Waals surface area (Å²) >= 11 is 6.50. The van der Waals surface area contributed by atoms with Gasteiger partial charge in [0.25, 0.3) is 11.8 Å². The van der Waals surface area contributed by atoms with Crippen LogP contribution in [-0.2, 0) is 6.54 Å². The Kier molecular flexibility index (Phi) is 5.93. The van der Waals surface area contributed by atoms with E-state index in [1.807, 2.05) is 49.4 Å². The average Bonchev–Trinajstić information content (AvgIpc) is 3.10. The van der Waals surface area contributed by atoms with Crippen LogP contribution in [0.4, 0.5) is 11.4 Å². The highest BCUT2D eigenvalue weighted by atomic mass is 35.5. The van der Waals surface area contributed by atoms with Gasteiger partial charge in [-0.25, -0.2) is 0 Å². The number of benzene rings is 4. The Bertz CT molecular complexity index is 1460. The lowest BCUT2D eigenvalue weighted by Crippen LogP contribution is -2.29. The molecule has 6 heteroatoms. The molecule has 35 heavy (non-hydrogen) atoms. The van der Waals surface area contributed by atoms with Crippen LogP contribution < -0.4 is 5.32 Å². The van der Waals surface area contributed by atoms with Gasteiger partial charge in [0.2, 0.25) is 0 Å². The van der Waals surface area contributed by atoms with E-state index >= 15 is 0 Å². The average molecular weight is 481 g/mol. The van der Waals surface area contributed by atoms with Gasteiger partial charge in [0.05, 0.1) is 22.7 Å². The Labute approximate surface area is 208 Å². The van der Waals surface area contributed by atoms with E-state index in [0.717, 1.165) is 16.8 Å². The minimum absolute atomic E-state index is 0.132. The number of halogens is 1. The van der Waals surface area contributed by atoms with E-state index in [2.05, 4.69) is 5.32 Å². The molecular weight excluding hydrogens is 460 g/mol. The number of carbonyl (C=O) groups is 3. The summed E-state index contributed by atoms with van der Waals surface area (Å²) in [5.74, 6) is -0.740. The molecule has 0 saturated heterocycles. The van der Waals surface area contributed by atoms with E-state index in [0.29, 0.717) is 33.0 Å². The summed E-state index contributed by atoms with van der Waals surface area (Å²) in [4.78, 5) is 39.8. The zero-order chi connectivity index (χ0) is 24.5. The third kappa shape index (κ3) is 4.22. The molecule has 5 nitrogen and oxygen atoms in total. The second-order valence-electron chi connectivity index (χ2n) is 8.36. The largest absolute Gasteiger partial charge is 0.355 e. The Morgan fingerprint density at radius 1 is 0.800 bits per heavy atom. The van der Waals surface area contributed by atoms with Crippen molar-refractivity contribution in [3.63, 3.8) is 0 Å². The summed E-state index contributed by atoms with van der Waals surface area (Å²) in [5, 5.41) is 3.64. The molecule has 2 amide bonds. The molecule has 0 bridgehead atoms. The van der Waals surface area contributed by atoms with Crippen molar-refractivity contribution in [2.75, 3.05) is 5.32 Å². The highest BCUT2D eigenvalue weighted by Gasteiger charge is 2.35. The second kappa shape index (κ2) is 9.20. The fourth-order valence-electron chi connectivity index (χ4n) is 4.24. The Morgan fingerprint density at radius 3 is 2.11 bits per heavy atom. The molecule has 0 fully saturated rings. The lowest BCUT2D eigenvalue weighted by atomic mass is 9.99. The summed E-state index contributed by atoms with van der Waals surface area (Å²) in [5.41, 5.74) is 4.96. The number of anilines is 2. The molecular formula is C29H21ClN2O3. The molecule has 1 N–H and O–H groups in total. The van der Waals surface area contributed by atoms with Crippen molar-refractivity contribution in [2.45, 2.75) is 13.5 Å². The number of hydrogen-bond acceptors (Lipinski definition) is 4. The van der Waals surface area contributed by atoms with Crippen molar-refractivity contribution < 1.29 is 14.4 Å². The maximum atomic E-state index is 13.0. The number of para-hydroxylation sites is 1. The zero-order valence-electron chi connectivity index (χ0n) is 18.9. The molecule has 0 spiro atoms. The van der Waals surface area contributed by atoms with Crippen LogP contribution in [0.15, 0.2) is 91.0 Å². The topological polar surface area (TPSA) is 66.5 Å². The van der Waals surface area contributed by atoms with Gasteiger partial charge in [0, 0.05) is 22.5 Å². The van der Waals surface area contributed by atoms with Crippen molar-refractivity contribution in [1.29, 1.82) is 0 Å². The first-order valence-corrected chi connectivity index (χ1v) is 11.5. The van der Waals surface area contributed by atoms with E-state index in [4.69, 9.17) is 11.6 Å². The van der Waals surface area contributed by atoms with Gasteiger partial charge in [-0.2, -0.15) is 0 Å². The van der Waals surface area contributed by atoms with Crippen LogP contribution in [0.3, 0.4) is 0 Å². The molecule has 0 atom stereocenters. The number of aryl methyl sites for hydroxylation is 1. The number of ketones is 1. The van der Waals surface area contributed by atoms with E-state index in [1.165, 1.54) is 4.90 Å². The number of amides is 2. The summed E-state index contributed by atoms with van der Waals surface area (Å²) in [6.45, 7) is 2.02. The van der Waals surface area contributed by atoms with Gasteiger partial charge in [0.1, 0.15) is 0 Å². The van der Waals surface area contributed by atoms with E-state index < -0.39 is 0 Å². The van der Waals surface area contributed by atoms with Gasteiger partial charge >= 0.3 is 0 Å². The Morgan fingerprint density at radius 2 is 1.43 bits per heavy atom. The van der Waals surface area contributed by atoms with Crippen molar-refractivity contribution >= 4 is 40.6 Å². The summed E-state index contributed by atoms with van der Waals surface area (Å²) in [6, 6.07) is 26.9. The van der Waals surface area contributed by atoms with Gasteiger partial charge < -0.3 is 5.32 Å². The monoisotopic (exact) mass is 480 g/mol. The standard InChI is InChI=1S/C29H21ClN2O3/c1-18-8-2-4-10-21(18)27(33)24-15-14-20(16-25(24)30)31-26-13-7-3-9-19(26)17-32-28(34)22-11-5-6-12-23(22)29(32)35/h2-16,31H,17H2,1H3. The predicted octanol–water partition coefficient (Wildman–Crippen LogP) is 6.42. The SMILES string of the molecule is Cc1ccccc1C(=O)c1ccc(Nc2ccccc2CN2C(=O)c3ccccc3C2=O)cc1Cl. The first-order chi connectivity index (χ1) is 16.9. The predicted molar refractivity (Wildman–Crippen MR) is 136 cm³/mol. The maximum absolute atomic E-state index is 13.0. The van der Waals surface area contributed by atoms with Crippen LogP contribution in [0, 0.1) is 6.92 Å². The number of fused-ring (bicyclic) bond motifs is 1. The van der Waals surface area contributed by atoms with Crippen LogP contribution in [0.25, 0.3) is 0 Å². The van der Waals surface area contributed by atoms with Crippen molar-refractivity contribution in [3.05, 3.63) is 129 Å². The van der Waals surface area contributed by atoms with E-state index in [-0.39, 0.29) is 24.1 Å². The van der Waals surface area contributed by atoms with Crippen molar-refractivity contribution in [2.24, 2.45) is 0 Å². The molecule has 0 aromatic heterocycles. The number of rotatable bonds is 6. The smallest absolute Gasteiger partial charge is 0.261 e. The van der Waals surface area contributed by atoms with Gasteiger partial charge in [0.15, 0.2) is 5.78 Å². The highest BCUT2D eigenvalue weighted by molar-refractivity contribution is 6.35. The highest BCUT2D eigenvalue weighted by Crippen LogP contribution is 2.30. The van der Waals surface area contributed by atoms with Crippen molar-refractivity contribution in [3.8, 4) is 0 Å². The van der Waals surface area contributed by atoms with Crippen LogP contribution in [-0.4, -0.2) is 22.5 Å². The summed E-state index contributed by atoms with van der Waals surface area (Å²) in [6.07, 6.45) is 0. The molecule has 0 saturated carbocycles. The fraction of sp³-hybridized carbons (Fsp3) is 0.0690.